The normalized spacial score (nSPS) is 45.0. The predicted molar refractivity (Wildman–Crippen MR) is 172 cm³/mol. The first-order valence-corrected chi connectivity index (χ1v) is 17.5. The van der Waals surface area contributed by atoms with Crippen LogP contribution in [0.25, 0.3) is 6.08 Å². The van der Waals surface area contributed by atoms with Crippen LogP contribution in [0.15, 0.2) is 24.3 Å². The lowest BCUT2D eigenvalue weighted by atomic mass is 9.45. The molecule has 2 aliphatic heterocycles. The predicted octanol–water partition coefficient (Wildman–Crippen LogP) is 8.96. The van der Waals surface area contributed by atoms with Gasteiger partial charge < -0.3 is 14.6 Å². The summed E-state index contributed by atoms with van der Waals surface area (Å²) in [7, 11) is 0. The van der Waals surface area contributed by atoms with E-state index in [-0.39, 0.29) is 22.0 Å². The number of aldehydes is 1. The number of benzene rings is 1. The molecule has 2 heterocycles. The maximum atomic E-state index is 12.2. The fourth-order valence-electron chi connectivity index (χ4n) is 12.2. The van der Waals surface area contributed by atoms with E-state index in [9.17, 15) is 9.90 Å². The minimum Gasteiger partial charge on any atom is -0.388 e. The number of fused-ring (bicyclic) bond motifs is 2. The molecule has 7 rings (SSSR count). The van der Waals surface area contributed by atoms with Crippen LogP contribution >= 0.6 is 0 Å². The molecular formula is C39H56O4. The van der Waals surface area contributed by atoms with E-state index >= 15 is 0 Å². The number of hydrogen-bond donors (Lipinski definition) is 1. The fraction of sp³-hybridized carbons (Fsp3) is 0.769. The Morgan fingerprint density at radius 1 is 0.814 bits per heavy atom. The quantitative estimate of drug-likeness (QED) is 0.266. The first kappa shape index (κ1) is 30.2. The average Bonchev–Trinajstić information content (AvgIpc) is 3.87. The van der Waals surface area contributed by atoms with Gasteiger partial charge in [-0.2, -0.15) is 0 Å². The van der Waals surface area contributed by atoms with Crippen LogP contribution in [0.4, 0.5) is 0 Å². The highest BCUT2D eigenvalue weighted by molar-refractivity contribution is 5.82. The van der Waals surface area contributed by atoms with Crippen molar-refractivity contribution in [2.24, 2.45) is 45.3 Å². The number of ether oxygens (including phenoxy) is 2. The van der Waals surface area contributed by atoms with Crippen LogP contribution in [0, 0.1) is 45.3 Å². The summed E-state index contributed by atoms with van der Waals surface area (Å²) < 4.78 is 12.5. The highest BCUT2D eigenvalue weighted by Gasteiger charge is 2.66. The molecule has 4 heteroatoms. The minimum absolute atomic E-state index is 0.0348. The topological polar surface area (TPSA) is 62.4 Å². The molecule has 1 aromatic rings. The monoisotopic (exact) mass is 588 g/mol. The Bertz CT molecular complexity index is 1280. The standard InChI is InChI=1S/C39H56O4/c1-34(2)15-7-17-36(5)30(34)13-19-38(24-42-38)32(36)12-11-26-21-27(9-10-28(26)23-40)29(41)22-33-37(6)18-8-16-35(3,4)31(37)14-20-39(33)25-43-39/h9-12,21,23,29-33,41H,7-8,13-20,22,24-25H2,1-6H3/t29-,30+,31+,32-,33-,36+,37+,38-,39-/m1/s1. The smallest absolute Gasteiger partial charge is 0.150 e. The van der Waals surface area contributed by atoms with Gasteiger partial charge in [0.2, 0.25) is 0 Å². The van der Waals surface area contributed by atoms with Gasteiger partial charge in [0.05, 0.1) is 30.5 Å². The van der Waals surface area contributed by atoms with Crippen molar-refractivity contribution in [3.63, 3.8) is 0 Å². The molecule has 0 aromatic heterocycles. The van der Waals surface area contributed by atoms with Crippen LogP contribution in [0.1, 0.15) is 140 Å². The first-order chi connectivity index (χ1) is 20.3. The molecule has 236 valence electrons. The summed E-state index contributed by atoms with van der Waals surface area (Å²) in [4.78, 5) is 12.2. The van der Waals surface area contributed by atoms with E-state index in [1.807, 2.05) is 12.1 Å². The van der Waals surface area contributed by atoms with Gasteiger partial charge in [-0.1, -0.05) is 78.7 Å². The van der Waals surface area contributed by atoms with Crippen LogP contribution in [0.2, 0.25) is 0 Å². The molecular weight excluding hydrogens is 532 g/mol. The van der Waals surface area contributed by atoms with E-state index in [0.29, 0.717) is 40.1 Å². The summed E-state index contributed by atoms with van der Waals surface area (Å²) in [6, 6.07) is 5.99. The van der Waals surface area contributed by atoms with Gasteiger partial charge in [-0.05, 0) is 114 Å². The third-order valence-corrected chi connectivity index (χ3v) is 14.6. The second kappa shape index (κ2) is 10.0. The second-order valence-electron chi connectivity index (χ2n) is 17.7. The van der Waals surface area contributed by atoms with E-state index in [1.54, 1.807) is 0 Å². The van der Waals surface area contributed by atoms with Crippen molar-refractivity contribution in [3.8, 4) is 0 Å². The molecule has 6 fully saturated rings. The molecule has 1 aromatic carbocycles. The molecule has 0 amide bonds. The van der Waals surface area contributed by atoms with Crippen molar-refractivity contribution in [1.82, 2.24) is 0 Å². The number of carbonyl (C=O) groups excluding carboxylic acids is 1. The molecule has 0 radical (unpaired) electrons. The maximum Gasteiger partial charge on any atom is 0.150 e. The Labute approximate surface area is 260 Å². The number of rotatable bonds is 6. The van der Waals surface area contributed by atoms with Crippen molar-refractivity contribution in [3.05, 3.63) is 41.0 Å². The molecule has 2 saturated heterocycles. The van der Waals surface area contributed by atoms with Crippen LogP contribution in [-0.2, 0) is 9.47 Å². The van der Waals surface area contributed by atoms with Crippen molar-refractivity contribution in [2.75, 3.05) is 13.2 Å². The molecule has 0 unspecified atom stereocenters. The molecule has 6 aliphatic rings. The maximum absolute atomic E-state index is 12.2. The Kier molecular flexibility index (Phi) is 7.02. The highest BCUT2D eigenvalue weighted by atomic mass is 16.6. The summed E-state index contributed by atoms with van der Waals surface area (Å²) in [5.41, 5.74) is 3.52. The highest BCUT2D eigenvalue weighted by Crippen LogP contribution is 2.67. The summed E-state index contributed by atoms with van der Waals surface area (Å²) in [5, 5.41) is 11.8. The lowest BCUT2D eigenvalue weighted by Crippen LogP contribution is -2.54. The van der Waals surface area contributed by atoms with Crippen LogP contribution < -0.4 is 0 Å². The number of carbonyl (C=O) groups is 1. The molecule has 9 atom stereocenters. The van der Waals surface area contributed by atoms with Gasteiger partial charge in [-0.25, -0.2) is 0 Å². The Morgan fingerprint density at radius 3 is 2.00 bits per heavy atom. The van der Waals surface area contributed by atoms with Gasteiger partial charge in [0.15, 0.2) is 6.29 Å². The zero-order valence-corrected chi connectivity index (χ0v) is 27.7. The van der Waals surface area contributed by atoms with Crippen LogP contribution in [-0.4, -0.2) is 35.8 Å². The van der Waals surface area contributed by atoms with E-state index < -0.39 is 6.10 Å². The van der Waals surface area contributed by atoms with Crippen LogP contribution in [0.5, 0.6) is 0 Å². The van der Waals surface area contributed by atoms with Gasteiger partial charge in [0.1, 0.15) is 0 Å². The van der Waals surface area contributed by atoms with Crippen molar-refractivity contribution in [2.45, 2.75) is 129 Å². The Balaban J connectivity index is 1.17. The Hall–Kier alpha value is -1.49. The van der Waals surface area contributed by atoms with Gasteiger partial charge >= 0.3 is 0 Å². The first-order valence-electron chi connectivity index (χ1n) is 17.5. The molecule has 4 saturated carbocycles. The molecule has 43 heavy (non-hydrogen) atoms. The second-order valence-corrected chi connectivity index (χ2v) is 17.7. The zero-order valence-electron chi connectivity index (χ0n) is 27.7. The minimum atomic E-state index is -0.576. The summed E-state index contributed by atoms with van der Waals surface area (Å²) in [6.07, 6.45) is 18.0. The van der Waals surface area contributed by atoms with Gasteiger partial charge in [0, 0.05) is 11.5 Å². The van der Waals surface area contributed by atoms with Crippen molar-refractivity contribution >= 4 is 12.4 Å². The van der Waals surface area contributed by atoms with E-state index in [2.05, 4.69) is 59.8 Å². The molecule has 1 N–H and O–H groups in total. The lowest BCUT2D eigenvalue weighted by Gasteiger charge is -2.59. The largest absolute Gasteiger partial charge is 0.388 e. The zero-order chi connectivity index (χ0) is 30.5. The Morgan fingerprint density at radius 2 is 1.40 bits per heavy atom. The van der Waals surface area contributed by atoms with E-state index in [0.717, 1.165) is 49.9 Å². The van der Waals surface area contributed by atoms with Gasteiger partial charge in [-0.3, -0.25) is 4.79 Å². The van der Waals surface area contributed by atoms with E-state index in [1.165, 1.54) is 51.4 Å². The molecule has 4 nitrogen and oxygen atoms in total. The summed E-state index contributed by atoms with van der Waals surface area (Å²) in [6.45, 7) is 16.6. The van der Waals surface area contributed by atoms with Crippen molar-refractivity contribution < 1.29 is 19.4 Å². The summed E-state index contributed by atoms with van der Waals surface area (Å²) in [5.74, 6) is 2.03. The lowest BCUT2D eigenvalue weighted by molar-refractivity contribution is -0.117. The van der Waals surface area contributed by atoms with Crippen molar-refractivity contribution in [1.29, 1.82) is 0 Å². The number of aliphatic hydroxyl groups excluding tert-OH is 1. The van der Waals surface area contributed by atoms with E-state index in [4.69, 9.17) is 9.47 Å². The van der Waals surface area contributed by atoms with Gasteiger partial charge in [-0.15, -0.1) is 0 Å². The van der Waals surface area contributed by atoms with Crippen LogP contribution in [0.3, 0.4) is 0 Å². The third kappa shape index (κ3) is 4.75. The number of hydrogen-bond acceptors (Lipinski definition) is 4. The third-order valence-electron chi connectivity index (χ3n) is 14.6. The summed E-state index contributed by atoms with van der Waals surface area (Å²) >= 11 is 0. The van der Waals surface area contributed by atoms with Gasteiger partial charge in [0.25, 0.3) is 0 Å². The fourth-order valence-corrected chi connectivity index (χ4v) is 12.2. The molecule has 0 bridgehead atoms. The number of aliphatic hydroxyl groups is 1. The average molecular weight is 589 g/mol. The molecule has 4 aliphatic carbocycles. The molecule has 2 spiro atoms. The SMILES string of the molecule is CC1(C)CCC[C@@]2(C)[C@H]1CC[C@@]1(CO1)[C@@H]2C=Cc1cc([C@H](O)C[C@H]2[C@@]3(CC[C@H]4C(C)(C)CCC[C@@]42C)CO3)ccc1C=O. The number of epoxide rings is 2.